The van der Waals surface area contributed by atoms with Crippen LogP contribution in [0.3, 0.4) is 0 Å². The predicted molar refractivity (Wildman–Crippen MR) is 121 cm³/mol. The van der Waals surface area contributed by atoms with Crippen LogP contribution in [-0.4, -0.2) is 25.9 Å². The van der Waals surface area contributed by atoms with Crippen molar-refractivity contribution in [3.05, 3.63) is 105 Å². The number of hydrogen-bond acceptors (Lipinski definition) is 2. The van der Waals surface area contributed by atoms with Gasteiger partial charge in [0, 0.05) is 25.4 Å². The Morgan fingerprint density at radius 3 is 2.22 bits per heavy atom. The van der Waals surface area contributed by atoms with E-state index in [1.54, 1.807) is 19.9 Å². The number of alkyl halides is 3. The second-order valence-electron chi connectivity index (χ2n) is 7.81. The average molecular weight is 439 g/mol. The minimum absolute atomic E-state index is 0.0258. The lowest BCUT2D eigenvalue weighted by Crippen LogP contribution is -2.22. The fourth-order valence-electron chi connectivity index (χ4n) is 3.00. The minimum Gasteiger partial charge on any atom is -0.507 e. The number of halogens is 3. The molecule has 2 rings (SSSR count). The van der Waals surface area contributed by atoms with Gasteiger partial charge in [0.1, 0.15) is 11.4 Å². The van der Waals surface area contributed by atoms with Crippen molar-refractivity contribution in [1.82, 2.24) is 0 Å². The van der Waals surface area contributed by atoms with Gasteiger partial charge in [-0.3, -0.25) is 0 Å². The lowest BCUT2D eigenvalue weighted by atomic mass is 9.95. The minimum atomic E-state index is -4.63. The fourth-order valence-corrected chi connectivity index (χ4v) is 3.00. The molecule has 1 aromatic rings. The number of ether oxygens (including phenoxy) is 1. The molecule has 0 aromatic heterocycles. The maximum atomic E-state index is 13.7. The zero-order valence-electron chi connectivity index (χ0n) is 18.6. The molecular formula is C25H24F3N3O. The van der Waals surface area contributed by atoms with Gasteiger partial charge < -0.3 is 9.64 Å². The molecule has 1 aliphatic rings. The smallest absolute Gasteiger partial charge is 0.416 e. The molecule has 0 saturated carbocycles. The average Bonchev–Trinajstić information content (AvgIpc) is 2.98. The van der Waals surface area contributed by atoms with Crippen LogP contribution in [0.15, 0.2) is 76.9 Å². The number of anilines is 1. The van der Waals surface area contributed by atoms with E-state index in [-0.39, 0.29) is 22.7 Å². The van der Waals surface area contributed by atoms with E-state index in [0.29, 0.717) is 0 Å². The summed E-state index contributed by atoms with van der Waals surface area (Å²) in [5.74, 6) is 0.0258. The van der Waals surface area contributed by atoms with E-state index in [1.807, 2.05) is 43.3 Å². The van der Waals surface area contributed by atoms with Crippen LogP contribution in [0.2, 0.25) is 0 Å². The lowest BCUT2D eigenvalue weighted by molar-refractivity contribution is -0.0883. The molecule has 4 nitrogen and oxygen atoms in total. The molecule has 0 radical (unpaired) electrons. The Labute approximate surface area is 186 Å². The van der Waals surface area contributed by atoms with Crippen LogP contribution in [0.1, 0.15) is 26.3 Å². The molecule has 0 fully saturated rings. The van der Waals surface area contributed by atoms with Gasteiger partial charge in [-0.05, 0) is 38.5 Å². The molecule has 1 heterocycles. The van der Waals surface area contributed by atoms with Gasteiger partial charge in [0.05, 0.1) is 18.7 Å². The first kappa shape index (κ1) is 24.6. The van der Waals surface area contributed by atoms with E-state index in [2.05, 4.69) is 9.69 Å². The Morgan fingerprint density at radius 1 is 1.09 bits per heavy atom. The summed E-state index contributed by atoms with van der Waals surface area (Å²) >= 11 is 0. The van der Waals surface area contributed by atoms with Crippen molar-refractivity contribution >= 4 is 11.8 Å². The quantitative estimate of drug-likeness (QED) is 0.366. The van der Waals surface area contributed by atoms with Crippen molar-refractivity contribution < 1.29 is 17.9 Å². The van der Waals surface area contributed by atoms with Crippen molar-refractivity contribution in [1.29, 1.82) is 0 Å². The van der Waals surface area contributed by atoms with E-state index in [9.17, 15) is 13.2 Å². The topological polar surface area (TPSA) is 21.2 Å². The van der Waals surface area contributed by atoms with Gasteiger partial charge in [0.2, 0.25) is 5.70 Å². The van der Waals surface area contributed by atoms with Crippen LogP contribution >= 0.6 is 0 Å². The van der Waals surface area contributed by atoms with Crippen molar-refractivity contribution in [2.75, 3.05) is 19.0 Å². The fraction of sp³-hybridized carbons (Fsp3) is 0.280. The number of hydrogen-bond donors (Lipinski definition) is 0. The molecule has 1 aromatic carbocycles. The van der Waals surface area contributed by atoms with Crippen molar-refractivity contribution in [3.8, 4) is 0 Å². The Bertz CT molecular complexity index is 1100. The third-order valence-electron chi connectivity index (χ3n) is 4.80. The third kappa shape index (κ3) is 5.70. The number of rotatable bonds is 5. The highest BCUT2D eigenvalue weighted by Gasteiger charge is 2.40. The van der Waals surface area contributed by atoms with Crippen LogP contribution in [0.5, 0.6) is 0 Å². The van der Waals surface area contributed by atoms with Gasteiger partial charge >= 0.3 is 6.18 Å². The number of benzene rings is 1. The summed E-state index contributed by atoms with van der Waals surface area (Å²) in [6.45, 7) is 19.2. The van der Waals surface area contributed by atoms with E-state index in [1.165, 1.54) is 19.1 Å². The third-order valence-corrected chi connectivity index (χ3v) is 4.80. The molecule has 0 unspecified atom stereocenters. The zero-order chi connectivity index (χ0) is 24.1. The standard InChI is InChI=1S/C25H24F3N3O/c1-17(29-4)23-22(30-5)21(24(2,3)32-23)16-19(25(26,27)28)11-9-8-10-18-12-14-20(15-13-18)31(6)7/h8-16H,1-3,6-7H3/b10-8+,11-9+,19-16-,23-17+. The first-order valence-electron chi connectivity index (χ1n) is 9.71. The molecule has 166 valence electrons. The first-order chi connectivity index (χ1) is 14.9. The molecule has 7 heteroatoms. The zero-order valence-corrected chi connectivity index (χ0v) is 18.6. The molecular weight excluding hydrogens is 415 g/mol. The van der Waals surface area contributed by atoms with Crippen LogP contribution in [-0.2, 0) is 4.74 Å². The van der Waals surface area contributed by atoms with Crippen molar-refractivity contribution in [2.45, 2.75) is 32.5 Å². The van der Waals surface area contributed by atoms with Gasteiger partial charge in [-0.15, -0.1) is 0 Å². The Kier molecular flexibility index (Phi) is 7.38. The van der Waals surface area contributed by atoms with Crippen LogP contribution in [0.25, 0.3) is 15.8 Å². The predicted octanol–water partition coefficient (Wildman–Crippen LogP) is 6.94. The van der Waals surface area contributed by atoms with Gasteiger partial charge in [0.15, 0.2) is 5.70 Å². The molecule has 1 aliphatic heterocycles. The highest BCUT2D eigenvalue weighted by molar-refractivity contribution is 5.57. The molecule has 0 amide bonds. The molecule has 0 bridgehead atoms. The normalized spacial score (nSPS) is 18.0. The maximum Gasteiger partial charge on any atom is 0.416 e. The second-order valence-corrected chi connectivity index (χ2v) is 7.81. The largest absolute Gasteiger partial charge is 0.507 e. The highest BCUT2D eigenvalue weighted by atomic mass is 19.4. The van der Waals surface area contributed by atoms with E-state index in [4.69, 9.17) is 17.9 Å². The maximum absolute atomic E-state index is 13.7. The summed E-state index contributed by atoms with van der Waals surface area (Å²) in [6, 6.07) is 7.58. The van der Waals surface area contributed by atoms with Gasteiger partial charge in [-0.25, -0.2) is 9.69 Å². The molecule has 0 spiro atoms. The SMILES string of the molecule is [C-]#[N+]C1=C(/C=C(/C=C/C=C/c2ccc(N(C)C)cc2)C(F)(F)F)C(C)(C)O/C1=C(\C)[N+]#[C-]. The lowest BCUT2D eigenvalue weighted by Gasteiger charge is -2.23. The first-order valence-corrected chi connectivity index (χ1v) is 9.71. The number of nitrogens with zero attached hydrogens (tertiary/aromatic N) is 3. The van der Waals surface area contributed by atoms with Crippen LogP contribution < -0.4 is 4.90 Å². The monoisotopic (exact) mass is 439 g/mol. The molecule has 0 N–H and O–H groups in total. The summed E-state index contributed by atoms with van der Waals surface area (Å²) in [5.41, 5.74) is -0.0757. The summed E-state index contributed by atoms with van der Waals surface area (Å²) in [4.78, 5) is 8.57. The molecule has 32 heavy (non-hydrogen) atoms. The molecule has 0 saturated heterocycles. The second kappa shape index (κ2) is 9.62. The highest BCUT2D eigenvalue weighted by Crippen LogP contribution is 2.43. The summed E-state index contributed by atoms with van der Waals surface area (Å²) in [5, 5.41) is 0. The van der Waals surface area contributed by atoms with E-state index >= 15 is 0 Å². The Morgan fingerprint density at radius 2 is 1.72 bits per heavy atom. The van der Waals surface area contributed by atoms with Crippen molar-refractivity contribution in [2.24, 2.45) is 0 Å². The van der Waals surface area contributed by atoms with Gasteiger partial charge in [-0.2, -0.15) is 13.2 Å². The van der Waals surface area contributed by atoms with Gasteiger partial charge in [0.25, 0.3) is 0 Å². The molecule has 0 atom stereocenters. The van der Waals surface area contributed by atoms with E-state index in [0.717, 1.165) is 23.4 Å². The Hall–Kier alpha value is -3.71. The summed E-state index contributed by atoms with van der Waals surface area (Å²) in [6.07, 6.45) is 1.79. The van der Waals surface area contributed by atoms with Gasteiger partial charge in [-0.1, -0.05) is 42.5 Å². The van der Waals surface area contributed by atoms with Crippen molar-refractivity contribution in [3.63, 3.8) is 0 Å². The molecule has 0 aliphatic carbocycles. The Balaban J connectivity index is 2.42. The summed E-state index contributed by atoms with van der Waals surface area (Å²) < 4.78 is 46.8. The number of allylic oxidation sites excluding steroid dienone is 5. The summed E-state index contributed by atoms with van der Waals surface area (Å²) in [7, 11) is 3.84. The van der Waals surface area contributed by atoms with Crippen LogP contribution in [0, 0.1) is 13.1 Å². The van der Waals surface area contributed by atoms with E-state index < -0.39 is 17.4 Å². The van der Waals surface area contributed by atoms with Crippen LogP contribution in [0.4, 0.5) is 18.9 Å².